The first-order chi connectivity index (χ1) is 12.3. The number of nitrogens with zero attached hydrogens (tertiary/aromatic N) is 1. The number of benzene rings is 1. The molecule has 1 aromatic carbocycles. The average Bonchev–Trinajstić information content (AvgIpc) is 2.94. The molecule has 1 atom stereocenters. The van der Waals surface area contributed by atoms with E-state index in [9.17, 15) is 18.0 Å². The summed E-state index contributed by atoms with van der Waals surface area (Å²) >= 11 is 0. The molecule has 1 N–H and O–H groups in total. The lowest BCUT2D eigenvalue weighted by atomic mass is 10.2. The summed E-state index contributed by atoms with van der Waals surface area (Å²) in [4.78, 5) is 25.5. The molecule has 0 bridgehead atoms. The average molecular weight is 384 g/mol. The van der Waals surface area contributed by atoms with Gasteiger partial charge in [-0.05, 0) is 18.6 Å². The van der Waals surface area contributed by atoms with Crippen LogP contribution in [0, 0.1) is 0 Å². The van der Waals surface area contributed by atoms with Crippen LogP contribution in [-0.2, 0) is 19.4 Å². The number of amides is 2. The molecule has 0 aliphatic carbocycles. The van der Waals surface area contributed by atoms with Gasteiger partial charge in [0.05, 0.1) is 25.7 Å². The molecule has 1 heterocycles. The first kappa shape index (κ1) is 20.0. The number of methoxy groups -OCH3 is 2. The van der Waals surface area contributed by atoms with Crippen molar-refractivity contribution in [2.24, 2.45) is 0 Å². The zero-order valence-electron chi connectivity index (χ0n) is 15.1. The number of hydrogen-bond acceptors (Lipinski definition) is 6. The van der Waals surface area contributed by atoms with E-state index in [4.69, 9.17) is 9.47 Å². The zero-order chi connectivity index (χ0) is 19.3. The van der Waals surface area contributed by atoms with Crippen molar-refractivity contribution < 1.29 is 27.5 Å². The topological polar surface area (TPSA) is 102 Å². The molecule has 2 amide bonds. The Bertz CT molecular complexity index is 777. The Hall–Kier alpha value is -2.29. The normalized spacial score (nSPS) is 18.2. The van der Waals surface area contributed by atoms with Crippen LogP contribution in [0.1, 0.15) is 19.8 Å². The van der Waals surface area contributed by atoms with Gasteiger partial charge in [0.25, 0.3) is 0 Å². The Labute approximate surface area is 153 Å². The van der Waals surface area contributed by atoms with Gasteiger partial charge in [0.2, 0.25) is 11.8 Å². The van der Waals surface area contributed by atoms with Gasteiger partial charge in [0, 0.05) is 37.7 Å². The fraction of sp³-hybridized carbons (Fsp3) is 0.529. The van der Waals surface area contributed by atoms with E-state index in [2.05, 4.69) is 5.32 Å². The minimum absolute atomic E-state index is 0.0378. The molecule has 0 radical (unpaired) electrons. The van der Waals surface area contributed by atoms with Crippen molar-refractivity contribution in [3.8, 4) is 11.5 Å². The van der Waals surface area contributed by atoms with Gasteiger partial charge in [-0.15, -0.1) is 0 Å². The molecule has 0 spiro atoms. The molecule has 1 aromatic rings. The van der Waals surface area contributed by atoms with Crippen molar-refractivity contribution in [3.05, 3.63) is 18.2 Å². The van der Waals surface area contributed by atoms with Crippen LogP contribution in [0.4, 0.5) is 5.69 Å². The van der Waals surface area contributed by atoms with E-state index >= 15 is 0 Å². The maximum atomic E-state index is 12.2. The summed E-state index contributed by atoms with van der Waals surface area (Å²) in [6.07, 6.45) is 0.490. The van der Waals surface area contributed by atoms with Crippen molar-refractivity contribution in [1.82, 2.24) is 4.90 Å². The summed E-state index contributed by atoms with van der Waals surface area (Å²) in [6, 6.07) is 4.65. The number of hydrogen-bond donors (Lipinski definition) is 1. The molecule has 9 heteroatoms. The number of carbonyl (C=O) groups excluding carboxylic acids is 2. The lowest BCUT2D eigenvalue weighted by Crippen LogP contribution is -2.41. The smallest absolute Gasteiger partial charge is 0.226 e. The van der Waals surface area contributed by atoms with Crippen molar-refractivity contribution in [2.45, 2.75) is 25.8 Å². The van der Waals surface area contributed by atoms with Crippen LogP contribution < -0.4 is 14.8 Å². The third-order valence-corrected chi connectivity index (χ3v) is 6.05. The van der Waals surface area contributed by atoms with Crippen molar-refractivity contribution >= 4 is 27.3 Å². The molecular weight excluding hydrogens is 360 g/mol. The third-order valence-electron chi connectivity index (χ3n) is 4.30. The van der Waals surface area contributed by atoms with Crippen molar-refractivity contribution in [1.29, 1.82) is 0 Å². The summed E-state index contributed by atoms with van der Waals surface area (Å²) in [6.45, 7) is 1.56. The monoisotopic (exact) mass is 384 g/mol. The van der Waals surface area contributed by atoms with E-state index in [1.54, 1.807) is 18.2 Å². The molecule has 0 aromatic heterocycles. The Morgan fingerprint density at radius 3 is 2.46 bits per heavy atom. The lowest BCUT2D eigenvalue weighted by molar-refractivity contribution is -0.131. The lowest BCUT2D eigenvalue weighted by Gasteiger charge is -2.26. The SMILES string of the molecule is COc1ccc(NC(=O)CCN(C(C)=O)C2CCS(=O)(=O)C2)cc1OC. The maximum absolute atomic E-state index is 12.2. The van der Waals surface area contributed by atoms with Crippen molar-refractivity contribution in [3.63, 3.8) is 0 Å². The van der Waals surface area contributed by atoms with Crippen LogP contribution in [-0.4, -0.2) is 63.4 Å². The standard InChI is InChI=1S/C17H24N2O6S/c1-12(20)19(14-7-9-26(22,23)11-14)8-6-17(21)18-13-4-5-15(24-2)16(10-13)25-3/h4-5,10,14H,6-9,11H2,1-3H3,(H,18,21). The predicted octanol–water partition coefficient (Wildman–Crippen LogP) is 1.07. The molecule has 1 fully saturated rings. The van der Waals surface area contributed by atoms with Gasteiger partial charge in [0.15, 0.2) is 21.3 Å². The summed E-state index contributed by atoms with van der Waals surface area (Å²) in [5.74, 6) is 0.584. The molecule has 144 valence electrons. The third kappa shape index (κ3) is 5.10. The van der Waals surface area contributed by atoms with E-state index in [1.807, 2.05) is 0 Å². The van der Waals surface area contributed by atoms with Crippen LogP contribution in [0.3, 0.4) is 0 Å². The highest BCUT2D eigenvalue weighted by atomic mass is 32.2. The fourth-order valence-electron chi connectivity index (χ4n) is 2.98. The van der Waals surface area contributed by atoms with Crippen molar-refractivity contribution in [2.75, 3.05) is 37.6 Å². The van der Waals surface area contributed by atoms with Gasteiger partial charge in [-0.1, -0.05) is 0 Å². The van der Waals surface area contributed by atoms with Crippen LogP contribution in [0.15, 0.2) is 18.2 Å². The second-order valence-electron chi connectivity index (χ2n) is 6.14. The molecule has 26 heavy (non-hydrogen) atoms. The predicted molar refractivity (Wildman–Crippen MR) is 97.2 cm³/mol. The number of rotatable bonds is 7. The van der Waals surface area contributed by atoms with Crippen LogP contribution in [0.2, 0.25) is 0 Å². The Kier molecular flexibility index (Phi) is 6.47. The second kappa shape index (κ2) is 8.39. The van der Waals surface area contributed by atoms with E-state index in [0.29, 0.717) is 23.6 Å². The molecule has 1 aliphatic rings. The highest BCUT2D eigenvalue weighted by Gasteiger charge is 2.33. The zero-order valence-corrected chi connectivity index (χ0v) is 16.0. The number of carbonyl (C=O) groups is 2. The highest BCUT2D eigenvalue weighted by Crippen LogP contribution is 2.29. The van der Waals surface area contributed by atoms with Gasteiger partial charge in [0.1, 0.15) is 0 Å². The summed E-state index contributed by atoms with van der Waals surface area (Å²) in [7, 11) is -0.0683. The van der Waals surface area contributed by atoms with E-state index in [-0.39, 0.29) is 42.3 Å². The second-order valence-corrected chi connectivity index (χ2v) is 8.37. The van der Waals surface area contributed by atoms with Gasteiger partial charge in [-0.25, -0.2) is 8.42 Å². The molecule has 2 rings (SSSR count). The van der Waals surface area contributed by atoms with Gasteiger partial charge < -0.3 is 19.7 Å². The minimum Gasteiger partial charge on any atom is -0.493 e. The first-order valence-electron chi connectivity index (χ1n) is 8.25. The highest BCUT2D eigenvalue weighted by molar-refractivity contribution is 7.91. The Morgan fingerprint density at radius 1 is 1.23 bits per heavy atom. The van der Waals surface area contributed by atoms with Crippen LogP contribution >= 0.6 is 0 Å². The Morgan fingerprint density at radius 2 is 1.92 bits per heavy atom. The molecule has 1 unspecified atom stereocenters. The fourth-order valence-corrected chi connectivity index (χ4v) is 4.71. The Balaban J connectivity index is 1.95. The first-order valence-corrected chi connectivity index (χ1v) is 10.1. The number of ether oxygens (including phenoxy) is 2. The van der Waals surface area contributed by atoms with Gasteiger partial charge in [-0.3, -0.25) is 9.59 Å². The molecular formula is C17H24N2O6S. The molecule has 1 aliphatic heterocycles. The van der Waals surface area contributed by atoms with Gasteiger partial charge >= 0.3 is 0 Å². The van der Waals surface area contributed by atoms with E-state index < -0.39 is 9.84 Å². The van der Waals surface area contributed by atoms with Crippen LogP contribution in [0.5, 0.6) is 11.5 Å². The number of sulfone groups is 1. The quantitative estimate of drug-likeness (QED) is 0.754. The van der Waals surface area contributed by atoms with Gasteiger partial charge in [-0.2, -0.15) is 0 Å². The summed E-state index contributed by atoms with van der Waals surface area (Å²) in [5, 5.41) is 2.74. The largest absolute Gasteiger partial charge is 0.493 e. The van der Waals surface area contributed by atoms with E-state index in [0.717, 1.165) is 0 Å². The molecule has 0 saturated carbocycles. The van der Waals surface area contributed by atoms with E-state index in [1.165, 1.54) is 26.0 Å². The minimum atomic E-state index is -3.10. The number of anilines is 1. The van der Waals surface area contributed by atoms with Crippen LogP contribution in [0.25, 0.3) is 0 Å². The molecule has 8 nitrogen and oxygen atoms in total. The molecule has 1 saturated heterocycles. The summed E-state index contributed by atoms with van der Waals surface area (Å²) < 4.78 is 33.6. The summed E-state index contributed by atoms with van der Waals surface area (Å²) in [5.41, 5.74) is 0.547. The number of nitrogens with one attached hydrogen (secondary N) is 1. The maximum Gasteiger partial charge on any atom is 0.226 e.